The average Bonchev–Trinajstić information content (AvgIpc) is 3.20. The summed E-state index contributed by atoms with van der Waals surface area (Å²) in [5, 5.41) is 20.8. The molecule has 1 amide bonds. The van der Waals surface area contributed by atoms with Crippen molar-refractivity contribution in [1.82, 2.24) is 25.0 Å². The highest BCUT2D eigenvalue weighted by atomic mass is 32.2. The lowest BCUT2D eigenvalue weighted by Gasteiger charge is -2.04. The Morgan fingerprint density at radius 1 is 1.31 bits per heavy atom. The normalized spacial score (nSPS) is 11.1. The summed E-state index contributed by atoms with van der Waals surface area (Å²) in [4.78, 5) is 12.1. The van der Waals surface area contributed by atoms with Gasteiger partial charge in [-0.3, -0.25) is 10.1 Å². The van der Waals surface area contributed by atoms with Crippen molar-refractivity contribution in [1.29, 1.82) is 0 Å². The Labute approximate surface area is 158 Å². The summed E-state index contributed by atoms with van der Waals surface area (Å²) in [5.41, 5.74) is 0.631. The largest absolute Gasteiger partial charge is 0.305 e. The molecule has 7 nitrogen and oxygen atoms in total. The first kappa shape index (κ1) is 18.5. The van der Waals surface area contributed by atoms with Gasteiger partial charge in [0.05, 0.1) is 5.75 Å². The number of rotatable bonds is 6. The van der Waals surface area contributed by atoms with Gasteiger partial charge >= 0.3 is 0 Å². The monoisotopic (exact) mass is 392 g/mol. The molecule has 0 aliphatic carbocycles. The molecule has 0 saturated heterocycles. The zero-order valence-electron chi connectivity index (χ0n) is 14.4. The van der Waals surface area contributed by atoms with Crippen molar-refractivity contribution in [3.8, 4) is 11.4 Å². The van der Waals surface area contributed by atoms with E-state index >= 15 is 0 Å². The van der Waals surface area contributed by atoms with Crippen LogP contribution in [0.15, 0.2) is 29.4 Å². The standard InChI is InChI=1S/C16H17FN6OS2/c1-9(2)14-20-21-15(26-14)18-12(24)8-25-16-22-19-13(23(16)3)10-5-4-6-11(17)7-10/h4-7,9H,8H2,1-3H3,(H,18,21,24). The molecule has 0 aliphatic heterocycles. The molecule has 0 saturated carbocycles. The maximum absolute atomic E-state index is 13.4. The molecule has 136 valence electrons. The van der Waals surface area contributed by atoms with E-state index < -0.39 is 0 Å². The Balaban J connectivity index is 1.62. The smallest absolute Gasteiger partial charge is 0.236 e. The van der Waals surface area contributed by atoms with Crippen LogP contribution in [-0.2, 0) is 11.8 Å². The summed E-state index contributed by atoms with van der Waals surface area (Å²) in [6.45, 7) is 4.04. The van der Waals surface area contributed by atoms with Crippen LogP contribution in [0, 0.1) is 5.82 Å². The van der Waals surface area contributed by atoms with Crippen LogP contribution in [0.3, 0.4) is 0 Å². The van der Waals surface area contributed by atoms with Gasteiger partial charge in [-0.05, 0) is 12.1 Å². The molecule has 3 aromatic rings. The Bertz CT molecular complexity index is 923. The first-order chi connectivity index (χ1) is 12.4. The van der Waals surface area contributed by atoms with Crippen molar-refractivity contribution in [3.63, 3.8) is 0 Å². The minimum atomic E-state index is -0.336. The van der Waals surface area contributed by atoms with E-state index in [-0.39, 0.29) is 23.4 Å². The van der Waals surface area contributed by atoms with E-state index in [1.165, 1.54) is 35.2 Å². The third-order valence-corrected chi connectivity index (χ3v) is 5.59. The molecule has 0 fully saturated rings. The summed E-state index contributed by atoms with van der Waals surface area (Å²) < 4.78 is 15.1. The van der Waals surface area contributed by atoms with Gasteiger partial charge in [-0.2, -0.15) is 0 Å². The van der Waals surface area contributed by atoms with Gasteiger partial charge < -0.3 is 4.57 Å². The number of benzene rings is 1. The van der Waals surface area contributed by atoms with E-state index in [1.807, 2.05) is 13.8 Å². The maximum Gasteiger partial charge on any atom is 0.236 e. The quantitative estimate of drug-likeness (QED) is 0.648. The van der Waals surface area contributed by atoms with Gasteiger partial charge in [0.2, 0.25) is 11.0 Å². The Kier molecular flexibility index (Phi) is 5.62. The molecule has 2 aromatic heterocycles. The fraction of sp³-hybridized carbons (Fsp3) is 0.312. The topological polar surface area (TPSA) is 85.6 Å². The Hall–Kier alpha value is -2.33. The van der Waals surface area contributed by atoms with E-state index in [0.29, 0.717) is 21.7 Å². The number of nitrogens with zero attached hydrogens (tertiary/aromatic N) is 5. The van der Waals surface area contributed by atoms with Gasteiger partial charge in [0, 0.05) is 18.5 Å². The van der Waals surface area contributed by atoms with Crippen LogP contribution in [-0.4, -0.2) is 36.6 Å². The molecule has 1 N–H and O–H groups in total. The second-order valence-electron chi connectivity index (χ2n) is 5.81. The van der Waals surface area contributed by atoms with E-state index in [4.69, 9.17) is 0 Å². The predicted molar refractivity (Wildman–Crippen MR) is 99.7 cm³/mol. The second-order valence-corrected chi connectivity index (χ2v) is 7.76. The molecule has 1 aromatic carbocycles. The molecule has 26 heavy (non-hydrogen) atoms. The highest BCUT2D eigenvalue weighted by molar-refractivity contribution is 7.99. The number of carbonyl (C=O) groups is 1. The maximum atomic E-state index is 13.4. The minimum absolute atomic E-state index is 0.158. The summed E-state index contributed by atoms with van der Waals surface area (Å²) >= 11 is 2.61. The molecule has 10 heteroatoms. The van der Waals surface area contributed by atoms with Crippen LogP contribution in [0.25, 0.3) is 11.4 Å². The number of carbonyl (C=O) groups excluding carboxylic acids is 1. The van der Waals surface area contributed by atoms with Crippen LogP contribution in [0.1, 0.15) is 24.8 Å². The zero-order chi connectivity index (χ0) is 18.7. The van der Waals surface area contributed by atoms with Crippen molar-refractivity contribution in [2.75, 3.05) is 11.1 Å². The fourth-order valence-corrected chi connectivity index (χ4v) is 3.60. The van der Waals surface area contributed by atoms with Gasteiger partial charge in [0.15, 0.2) is 11.0 Å². The zero-order valence-corrected chi connectivity index (χ0v) is 16.1. The van der Waals surface area contributed by atoms with Crippen molar-refractivity contribution in [3.05, 3.63) is 35.1 Å². The number of aromatic nitrogens is 5. The number of thioether (sulfide) groups is 1. The van der Waals surface area contributed by atoms with Gasteiger partial charge in [0.25, 0.3) is 0 Å². The first-order valence-electron chi connectivity index (χ1n) is 7.85. The lowest BCUT2D eigenvalue weighted by Crippen LogP contribution is -2.14. The van der Waals surface area contributed by atoms with Gasteiger partial charge in [-0.1, -0.05) is 49.1 Å². The van der Waals surface area contributed by atoms with Crippen molar-refractivity contribution in [2.45, 2.75) is 24.9 Å². The van der Waals surface area contributed by atoms with E-state index in [9.17, 15) is 9.18 Å². The SMILES string of the molecule is CC(C)c1nnc(NC(=O)CSc2nnc(-c3cccc(F)c3)n2C)s1. The molecule has 2 heterocycles. The molecular weight excluding hydrogens is 375 g/mol. The highest BCUT2D eigenvalue weighted by Gasteiger charge is 2.15. The number of halogens is 1. The Morgan fingerprint density at radius 3 is 2.81 bits per heavy atom. The average molecular weight is 392 g/mol. The lowest BCUT2D eigenvalue weighted by atomic mass is 10.2. The molecule has 0 bridgehead atoms. The van der Waals surface area contributed by atoms with Crippen molar-refractivity contribution in [2.24, 2.45) is 7.05 Å². The molecule has 0 unspecified atom stereocenters. The van der Waals surface area contributed by atoms with Crippen molar-refractivity contribution < 1.29 is 9.18 Å². The first-order valence-corrected chi connectivity index (χ1v) is 9.65. The van der Waals surface area contributed by atoms with Crippen LogP contribution in [0.4, 0.5) is 9.52 Å². The summed E-state index contributed by atoms with van der Waals surface area (Å²) in [7, 11) is 1.78. The van der Waals surface area contributed by atoms with Crippen LogP contribution >= 0.6 is 23.1 Å². The van der Waals surface area contributed by atoms with E-state index in [1.54, 1.807) is 23.7 Å². The molecular formula is C16H17FN6OS2. The van der Waals surface area contributed by atoms with Gasteiger partial charge in [-0.25, -0.2) is 4.39 Å². The number of hydrogen-bond acceptors (Lipinski definition) is 7. The molecule has 3 rings (SSSR count). The summed E-state index contributed by atoms with van der Waals surface area (Å²) in [6, 6.07) is 6.15. The molecule has 0 radical (unpaired) electrons. The highest BCUT2D eigenvalue weighted by Crippen LogP contribution is 2.25. The summed E-state index contributed by atoms with van der Waals surface area (Å²) in [5.74, 6) is 0.435. The van der Waals surface area contributed by atoms with E-state index in [0.717, 1.165) is 5.01 Å². The Morgan fingerprint density at radius 2 is 2.12 bits per heavy atom. The lowest BCUT2D eigenvalue weighted by molar-refractivity contribution is -0.113. The van der Waals surface area contributed by atoms with E-state index in [2.05, 4.69) is 25.7 Å². The van der Waals surface area contributed by atoms with Crippen LogP contribution in [0.2, 0.25) is 0 Å². The molecule has 0 atom stereocenters. The fourth-order valence-electron chi connectivity index (χ4n) is 2.12. The molecule has 0 aliphatic rings. The number of nitrogens with one attached hydrogen (secondary N) is 1. The third kappa shape index (κ3) is 4.25. The van der Waals surface area contributed by atoms with Crippen molar-refractivity contribution >= 4 is 34.1 Å². The molecule has 0 spiro atoms. The second kappa shape index (κ2) is 7.92. The van der Waals surface area contributed by atoms with Crippen LogP contribution < -0.4 is 5.32 Å². The number of anilines is 1. The third-order valence-electron chi connectivity index (χ3n) is 3.43. The summed E-state index contributed by atoms with van der Waals surface area (Å²) in [6.07, 6.45) is 0. The predicted octanol–water partition coefficient (Wildman–Crippen LogP) is 3.33. The number of hydrogen-bond donors (Lipinski definition) is 1. The van der Waals surface area contributed by atoms with Gasteiger partial charge in [-0.15, -0.1) is 20.4 Å². The number of amides is 1. The minimum Gasteiger partial charge on any atom is -0.305 e. The van der Waals surface area contributed by atoms with Gasteiger partial charge in [0.1, 0.15) is 10.8 Å². The van der Waals surface area contributed by atoms with Crippen LogP contribution in [0.5, 0.6) is 0 Å².